The number of nitrogens with two attached hydrogens (primary N) is 1. The number of ether oxygens (including phenoxy) is 1. The molecule has 2 aromatic carbocycles. The van der Waals surface area contributed by atoms with E-state index in [9.17, 15) is 14.0 Å². The molecule has 6 rings (SSSR count). The van der Waals surface area contributed by atoms with Crippen LogP contribution in [0.3, 0.4) is 0 Å². The molecule has 0 unspecified atom stereocenters. The molecule has 2 fully saturated rings. The van der Waals surface area contributed by atoms with Gasteiger partial charge in [0.2, 0.25) is 5.91 Å². The molecular formula is C30H32Cl2FN7O3. The molecule has 3 aromatic rings. The van der Waals surface area contributed by atoms with Gasteiger partial charge in [-0.3, -0.25) is 4.79 Å². The minimum atomic E-state index is -0.768. The highest BCUT2D eigenvalue weighted by molar-refractivity contribution is 6.36. The number of hydrogen-bond donors (Lipinski definition) is 2. The number of aromatic nitrogens is 2. The van der Waals surface area contributed by atoms with Gasteiger partial charge in [-0.25, -0.2) is 19.2 Å². The lowest BCUT2D eigenvalue weighted by molar-refractivity contribution is -0.122. The second-order valence-electron chi connectivity index (χ2n) is 11.3. The van der Waals surface area contributed by atoms with Crippen molar-refractivity contribution < 1.29 is 18.7 Å². The van der Waals surface area contributed by atoms with Crippen molar-refractivity contribution in [2.45, 2.75) is 31.3 Å². The zero-order valence-electron chi connectivity index (χ0n) is 23.9. The number of piperazine rings is 1. The van der Waals surface area contributed by atoms with Crippen LogP contribution in [-0.2, 0) is 10.2 Å². The predicted octanol–water partition coefficient (Wildman–Crippen LogP) is 4.96. The third-order valence-corrected chi connectivity index (χ3v) is 9.43. The van der Waals surface area contributed by atoms with Crippen molar-refractivity contribution in [1.29, 1.82) is 0 Å². The van der Waals surface area contributed by atoms with E-state index < -0.39 is 17.3 Å². The van der Waals surface area contributed by atoms with Crippen LogP contribution >= 0.6 is 23.2 Å². The fourth-order valence-corrected chi connectivity index (χ4v) is 6.79. The summed E-state index contributed by atoms with van der Waals surface area (Å²) in [6.45, 7) is 5.85. The Hall–Kier alpha value is -3.67. The summed E-state index contributed by atoms with van der Waals surface area (Å²) in [5, 5.41) is 3.16. The Balaban J connectivity index is 1.19. The molecule has 2 saturated heterocycles. The topological polar surface area (TPSA) is 117 Å². The Kier molecular flexibility index (Phi) is 7.82. The summed E-state index contributed by atoms with van der Waals surface area (Å²) in [6.07, 6.45) is 1.85. The van der Waals surface area contributed by atoms with E-state index in [-0.39, 0.29) is 39.2 Å². The van der Waals surface area contributed by atoms with Crippen LogP contribution in [-0.4, -0.2) is 82.9 Å². The van der Waals surface area contributed by atoms with Crippen LogP contribution in [0.15, 0.2) is 36.5 Å². The maximum atomic E-state index is 14.1. The summed E-state index contributed by atoms with van der Waals surface area (Å²) in [5.74, 6) is -0.587. The molecule has 1 atom stereocenters. The van der Waals surface area contributed by atoms with Crippen molar-refractivity contribution in [3.63, 3.8) is 0 Å². The quantitative estimate of drug-likeness (QED) is 0.392. The first-order valence-electron chi connectivity index (χ1n) is 14.2. The number of fused-ring (bicyclic) bond motifs is 2. The van der Waals surface area contributed by atoms with Gasteiger partial charge in [0.1, 0.15) is 11.9 Å². The third kappa shape index (κ3) is 5.34. The molecular weight excluding hydrogens is 596 g/mol. The number of carbonyl (C=O) groups is 2. The molecule has 0 bridgehead atoms. The van der Waals surface area contributed by atoms with Crippen molar-refractivity contribution in [1.82, 2.24) is 24.7 Å². The van der Waals surface area contributed by atoms with E-state index in [4.69, 9.17) is 33.7 Å². The van der Waals surface area contributed by atoms with Crippen LogP contribution in [0, 0.1) is 5.82 Å². The van der Waals surface area contributed by atoms with E-state index in [2.05, 4.69) is 27.2 Å². The van der Waals surface area contributed by atoms with Crippen LogP contribution in [0.1, 0.15) is 37.0 Å². The number of benzene rings is 2. The van der Waals surface area contributed by atoms with Gasteiger partial charge in [-0.2, -0.15) is 0 Å². The Bertz CT molecular complexity index is 1590. The lowest BCUT2D eigenvalue weighted by Gasteiger charge is -2.41. The molecule has 43 heavy (non-hydrogen) atoms. The van der Waals surface area contributed by atoms with Gasteiger partial charge < -0.3 is 30.5 Å². The molecule has 0 radical (unpaired) electrons. The number of urea groups is 1. The molecule has 13 heteroatoms. The van der Waals surface area contributed by atoms with E-state index in [1.54, 1.807) is 6.92 Å². The number of anilines is 2. The van der Waals surface area contributed by atoms with E-state index in [1.807, 2.05) is 28.0 Å². The van der Waals surface area contributed by atoms with Gasteiger partial charge in [0.25, 0.3) is 5.88 Å². The first-order chi connectivity index (χ1) is 20.6. The van der Waals surface area contributed by atoms with Crippen LogP contribution in [0.2, 0.25) is 10.0 Å². The number of likely N-dealkylation sites (N-methyl/N-ethyl adjacent to an activating group) is 1. The van der Waals surface area contributed by atoms with E-state index in [1.165, 1.54) is 18.3 Å². The van der Waals surface area contributed by atoms with Crippen LogP contribution < -0.4 is 15.8 Å². The van der Waals surface area contributed by atoms with Crippen LogP contribution in [0.25, 0.3) is 11.3 Å². The number of halogens is 3. The molecule has 1 aromatic heterocycles. The normalized spacial score (nSPS) is 18.9. The van der Waals surface area contributed by atoms with Gasteiger partial charge in [-0.05, 0) is 50.6 Å². The molecule has 0 saturated carbocycles. The van der Waals surface area contributed by atoms with Gasteiger partial charge in [0.05, 0.1) is 22.3 Å². The number of hydrogen-bond acceptors (Lipinski definition) is 7. The second-order valence-corrected chi connectivity index (χ2v) is 12.1. The number of nitrogens with zero attached hydrogens (tertiary/aromatic N) is 5. The van der Waals surface area contributed by atoms with Crippen molar-refractivity contribution in [2.75, 3.05) is 57.4 Å². The standard InChI is InChI=1S/C30H32Cl2FN7O3/c1-17(24-20(31)5-6-21(33)25(24)32)43-27-26(34)35-16-23(36-27)18-3-4-19-22(15-18)37-28(41)30(19)7-9-39(10-8-30)29(42)40-13-11-38(2)12-14-40/h3-6,15-17H,7-14H2,1-2H3,(H2,34,35)(H,37,41)/t17-/m1/s1. The van der Waals surface area contributed by atoms with E-state index in [0.717, 1.165) is 31.7 Å². The first kappa shape index (κ1) is 29.4. The van der Waals surface area contributed by atoms with E-state index in [0.29, 0.717) is 42.9 Å². The number of piperidine rings is 1. The number of rotatable bonds is 4. The Morgan fingerprint density at radius 1 is 1.09 bits per heavy atom. The Labute approximate surface area is 258 Å². The SMILES string of the molecule is C[C@@H](Oc1nc(-c2ccc3c(c2)NC(=O)C32CCN(C(=O)N3CCN(C)CC3)CC2)cnc1N)c1c(Cl)ccc(F)c1Cl. The molecule has 10 nitrogen and oxygen atoms in total. The zero-order valence-corrected chi connectivity index (χ0v) is 25.4. The maximum Gasteiger partial charge on any atom is 0.320 e. The molecule has 1 spiro atoms. The predicted molar refractivity (Wildman–Crippen MR) is 163 cm³/mol. The number of nitrogens with one attached hydrogen (secondary N) is 1. The zero-order chi connectivity index (χ0) is 30.5. The number of carbonyl (C=O) groups excluding carboxylic acids is 2. The Morgan fingerprint density at radius 2 is 1.79 bits per heavy atom. The highest BCUT2D eigenvalue weighted by atomic mass is 35.5. The molecule has 226 valence electrons. The molecule has 4 heterocycles. The summed E-state index contributed by atoms with van der Waals surface area (Å²) < 4.78 is 20.0. The van der Waals surface area contributed by atoms with Crippen molar-refractivity contribution in [3.8, 4) is 17.1 Å². The van der Waals surface area contributed by atoms with Crippen molar-refractivity contribution in [2.24, 2.45) is 0 Å². The van der Waals surface area contributed by atoms with Crippen LogP contribution in [0.5, 0.6) is 5.88 Å². The van der Waals surface area contributed by atoms with Crippen molar-refractivity contribution >= 4 is 46.6 Å². The summed E-state index contributed by atoms with van der Waals surface area (Å²) in [5.41, 5.74) is 8.43. The summed E-state index contributed by atoms with van der Waals surface area (Å²) in [4.78, 5) is 41.3. The number of nitrogen functional groups attached to an aromatic ring is 1. The summed E-state index contributed by atoms with van der Waals surface area (Å²) in [6, 6.07) is 8.32. The molecule has 0 aliphatic carbocycles. The highest BCUT2D eigenvalue weighted by Crippen LogP contribution is 2.46. The van der Waals surface area contributed by atoms with Gasteiger partial charge in [-0.15, -0.1) is 0 Å². The third-order valence-electron chi connectivity index (χ3n) is 8.72. The van der Waals surface area contributed by atoms with Crippen molar-refractivity contribution in [3.05, 3.63) is 63.5 Å². The number of amides is 3. The minimum Gasteiger partial charge on any atom is -0.467 e. The first-order valence-corrected chi connectivity index (χ1v) is 14.9. The number of likely N-dealkylation sites (tertiary alicyclic amines) is 1. The fraction of sp³-hybridized carbons (Fsp3) is 0.400. The van der Waals surface area contributed by atoms with Gasteiger partial charge in [0, 0.05) is 61.1 Å². The monoisotopic (exact) mass is 627 g/mol. The Morgan fingerprint density at radius 3 is 2.51 bits per heavy atom. The fourth-order valence-electron chi connectivity index (χ4n) is 6.11. The largest absolute Gasteiger partial charge is 0.467 e. The average molecular weight is 629 g/mol. The molecule has 3 N–H and O–H groups in total. The molecule has 3 amide bonds. The molecule has 3 aliphatic heterocycles. The van der Waals surface area contributed by atoms with Crippen LogP contribution in [0.4, 0.5) is 20.7 Å². The summed E-state index contributed by atoms with van der Waals surface area (Å²) >= 11 is 12.4. The maximum absolute atomic E-state index is 14.1. The summed E-state index contributed by atoms with van der Waals surface area (Å²) in [7, 11) is 2.06. The molecule has 3 aliphatic rings. The van der Waals surface area contributed by atoms with E-state index >= 15 is 0 Å². The second kappa shape index (κ2) is 11.4. The smallest absolute Gasteiger partial charge is 0.320 e. The van der Waals surface area contributed by atoms with Gasteiger partial charge >= 0.3 is 6.03 Å². The van der Waals surface area contributed by atoms with Gasteiger partial charge in [0.15, 0.2) is 5.82 Å². The average Bonchev–Trinajstić information content (AvgIpc) is 3.26. The highest BCUT2D eigenvalue weighted by Gasteiger charge is 2.49. The van der Waals surface area contributed by atoms with Gasteiger partial charge in [-0.1, -0.05) is 35.3 Å². The lowest BCUT2D eigenvalue weighted by Crippen LogP contribution is -2.55. The minimum absolute atomic E-state index is 0.0415. The lowest BCUT2D eigenvalue weighted by atomic mass is 9.73.